The number of nitrogens with zero attached hydrogens (tertiary/aromatic N) is 1. The molecule has 0 spiro atoms. The van der Waals surface area contributed by atoms with E-state index in [0.29, 0.717) is 17.7 Å². The second kappa shape index (κ2) is 7.96. The number of rotatable bonds is 7. The number of pyridine rings is 1. The quantitative estimate of drug-likeness (QED) is 0.694. The Morgan fingerprint density at radius 3 is 2.78 bits per heavy atom. The number of benzene rings is 1. The lowest BCUT2D eigenvalue weighted by Gasteiger charge is -2.27. The van der Waals surface area contributed by atoms with Gasteiger partial charge in [-0.15, -0.1) is 0 Å². The molecule has 1 aromatic carbocycles. The van der Waals surface area contributed by atoms with Crippen LogP contribution in [0.15, 0.2) is 42.6 Å². The number of aromatic nitrogens is 1. The number of methoxy groups -OCH3 is 1. The predicted molar refractivity (Wildman–Crippen MR) is 107 cm³/mol. The maximum atomic E-state index is 14.4. The van der Waals surface area contributed by atoms with Gasteiger partial charge in [0.1, 0.15) is 17.4 Å². The Morgan fingerprint density at radius 1 is 1.26 bits per heavy atom. The van der Waals surface area contributed by atoms with Gasteiger partial charge in [-0.1, -0.05) is 12.1 Å². The van der Waals surface area contributed by atoms with E-state index in [9.17, 15) is 4.39 Å². The highest BCUT2D eigenvalue weighted by Crippen LogP contribution is 2.37. The minimum atomic E-state index is -0.278. The first kappa shape index (κ1) is 19.2. The normalized spacial score (nSPS) is 16.6. The smallest absolute Gasteiger partial charge is 0.134 e. The molecule has 1 atom stereocenters. The van der Waals surface area contributed by atoms with Gasteiger partial charge >= 0.3 is 0 Å². The molecular formula is C21H27FN4O. The summed E-state index contributed by atoms with van der Waals surface area (Å²) in [5, 5.41) is 9.96. The topological polar surface area (TPSA) is 58.2 Å². The summed E-state index contributed by atoms with van der Waals surface area (Å²) in [6.07, 6.45) is 2.51. The minimum Gasteiger partial charge on any atom is -0.496 e. The zero-order valence-corrected chi connectivity index (χ0v) is 16.3. The van der Waals surface area contributed by atoms with E-state index < -0.39 is 0 Å². The third-order valence-electron chi connectivity index (χ3n) is 4.61. The average molecular weight is 370 g/mol. The van der Waals surface area contributed by atoms with Crippen molar-refractivity contribution in [2.75, 3.05) is 26.0 Å². The van der Waals surface area contributed by atoms with Gasteiger partial charge in [-0.25, -0.2) is 9.37 Å². The second-order valence-electron chi connectivity index (χ2n) is 7.40. The molecule has 0 radical (unpaired) electrons. The van der Waals surface area contributed by atoms with Gasteiger partial charge in [-0.05, 0) is 50.7 Å². The van der Waals surface area contributed by atoms with Crippen molar-refractivity contribution in [1.82, 2.24) is 15.6 Å². The minimum absolute atomic E-state index is 0.00141. The summed E-state index contributed by atoms with van der Waals surface area (Å²) in [6, 6.07) is 10.8. The van der Waals surface area contributed by atoms with Crippen molar-refractivity contribution < 1.29 is 9.13 Å². The fourth-order valence-electron chi connectivity index (χ4n) is 3.44. The van der Waals surface area contributed by atoms with Crippen molar-refractivity contribution in [2.24, 2.45) is 0 Å². The van der Waals surface area contributed by atoms with Gasteiger partial charge in [0.25, 0.3) is 0 Å². The van der Waals surface area contributed by atoms with E-state index in [4.69, 9.17) is 9.72 Å². The summed E-state index contributed by atoms with van der Waals surface area (Å²) in [7, 11) is 3.49. The van der Waals surface area contributed by atoms with Crippen LogP contribution in [0, 0.1) is 5.82 Å². The van der Waals surface area contributed by atoms with Crippen LogP contribution in [-0.4, -0.2) is 31.2 Å². The Balaban J connectivity index is 1.77. The number of hydrogen-bond donors (Lipinski definition) is 3. The lowest BCUT2D eigenvalue weighted by molar-refractivity contribution is 0.409. The van der Waals surface area contributed by atoms with Crippen LogP contribution in [0.4, 0.5) is 10.2 Å². The lowest BCUT2D eigenvalue weighted by atomic mass is 9.99. The molecule has 0 bridgehead atoms. The Bertz CT molecular complexity index is 835. The number of likely N-dealkylation sites (N-methyl/N-ethyl adjacent to an activating group) is 1. The van der Waals surface area contributed by atoms with Crippen LogP contribution >= 0.6 is 0 Å². The molecule has 6 heteroatoms. The van der Waals surface area contributed by atoms with Crippen LogP contribution in [-0.2, 0) is 0 Å². The van der Waals surface area contributed by atoms with E-state index in [1.165, 1.54) is 6.07 Å². The molecule has 1 unspecified atom stereocenters. The summed E-state index contributed by atoms with van der Waals surface area (Å²) in [5.74, 6) is 1.09. The molecule has 3 rings (SSSR count). The molecule has 0 fully saturated rings. The molecule has 5 nitrogen and oxygen atoms in total. The first-order valence-electron chi connectivity index (χ1n) is 9.11. The molecule has 27 heavy (non-hydrogen) atoms. The number of hydrogen-bond acceptors (Lipinski definition) is 5. The van der Waals surface area contributed by atoms with Crippen LogP contribution in [0.5, 0.6) is 5.75 Å². The van der Waals surface area contributed by atoms with Crippen LogP contribution in [0.1, 0.15) is 37.6 Å². The SMILES string of the molecule is CNCC(C)(C)Nc1cccc(C2CC(c3c(F)cccc3OC)=CN2)n1. The number of anilines is 1. The van der Waals surface area contributed by atoms with Crippen LogP contribution in [0.2, 0.25) is 0 Å². The Kier molecular flexibility index (Phi) is 5.65. The van der Waals surface area contributed by atoms with Crippen LogP contribution in [0.3, 0.4) is 0 Å². The molecule has 0 saturated carbocycles. The van der Waals surface area contributed by atoms with Crippen molar-refractivity contribution in [1.29, 1.82) is 0 Å². The summed E-state index contributed by atoms with van der Waals surface area (Å²) in [6.45, 7) is 5.06. The molecule has 2 aromatic rings. The summed E-state index contributed by atoms with van der Waals surface area (Å²) < 4.78 is 19.7. The third-order valence-corrected chi connectivity index (χ3v) is 4.61. The molecule has 2 heterocycles. The maximum Gasteiger partial charge on any atom is 0.134 e. The highest BCUT2D eigenvalue weighted by atomic mass is 19.1. The van der Waals surface area contributed by atoms with Crippen molar-refractivity contribution in [3.63, 3.8) is 0 Å². The Morgan fingerprint density at radius 2 is 2.04 bits per heavy atom. The Hall–Kier alpha value is -2.60. The number of halogens is 1. The molecule has 1 aliphatic heterocycles. The van der Waals surface area contributed by atoms with E-state index >= 15 is 0 Å². The van der Waals surface area contributed by atoms with Gasteiger partial charge in [0, 0.05) is 24.7 Å². The van der Waals surface area contributed by atoms with Crippen LogP contribution < -0.4 is 20.7 Å². The van der Waals surface area contributed by atoms with Crippen molar-refractivity contribution in [3.05, 3.63) is 59.7 Å². The standard InChI is InChI=1S/C21H27FN4O/c1-21(2,13-23-3)26-19-10-6-8-16(25-19)17-11-14(12-24-17)20-15(22)7-5-9-18(20)27-4/h5-10,12,17,23-24H,11,13H2,1-4H3,(H,25,26). The van der Waals surface area contributed by atoms with Gasteiger partial charge in [0.2, 0.25) is 0 Å². The zero-order chi connectivity index (χ0) is 19.4. The molecule has 0 saturated heterocycles. The highest BCUT2D eigenvalue weighted by molar-refractivity contribution is 5.73. The molecule has 0 amide bonds. The van der Waals surface area contributed by atoms with E-state index in [-0.39, 0.29) is 17.4 Å². The average Bonchev–Trinajstić information content (AvgIpc) is 3.10. The maximum absolute atomic E-state index is 14.4. The molecule has 144 valence electrons. The summed E-state index contributed by atoms with van der Waals surface area (Å²) in [5.41, 5.74) is 2.19. The summed E-state index contributed by atoms with van der Waals surface area (Å²) in [4.78, 5) is 4.76. The van der Waals surface area contributed by atoms with Crippen molar-refractivity contribution in [3.8, 4) is 5.75 Å². The summed E-state index contributed by atoms with van der Waals surface area (Å²) >= 11 is 0. The van der Waals surface area contributed by atoms with E-state index in [2.05, 4.69) is 29.8 Å². The zero-order valence-electron chi connectivity index (χ0n) is 16.3. The third kappa shape index (κ3) is 4.39. The van der Waals surface area contributed by atoms with E-state index in [0.717, 1.165) is 23.6 Å². The van der Waals surface area contributed by atoms with Crippen LogP contribution in [0.25, 0.3) is 5.57 Å². The van der Waals surface area contributed by atoms with E-state index in [1.54, 1.807) is 19.2 Å². The highest BCUT2D eigenvalue weighted by Gasteiger charge is 2.25. The van der Waals surface area contributed by atoms with Crippen molar-refractivity contribution in [2.45, 2.75) is 31.8 Å². The van der Waals surface area contributed by atoms with Gasteiger partial charge in [0.15, 0.2) is 0 Å². The van der Waals surface area contributed by atoms with Crippen molar-refractivity contribution >= 4 is 11.4 Å². The first-order valence-corrected chi connectivity index (χ1v) is 9.11. The number of ether oxygens (including phenoxy) is 1. The Labute approximate surface area is 160 Å². The fraction of sp³-hybridized carbons (Fsp3) is 0.381. The molecule has 1 aliphatic rings. The number of nitrogens with one attached hydrogen (secondary N) is 3. The largest absolute Gasteiger partial charge is 0.496 e. The lowest BCUT2D eigenvalue weighted by Crippen LogP contribution is -2.41. The first-order chi connectivity index (χ1) is 12.9. The molecule has 0 aliphatic carbocycles. The second-order valence-corrected chi connectivity index (χ2v) is 7.40. The van der Waals surface area contributed by atoms with Gasteiger partial charge in [-0.2, -0.15) is 0 Å². The molecule has 3 N–H and O–H groups in total. The van der Waals surface area contributed by atoms with Gasteiger partial charge in [0.05, 0.1) is 24.4 Å². The van der Waals surface area contributed by atoms with Gasteiger partial charge in [-0.3, -0.25) is 0 Å². The predicted octanol–water partition coefficient (Wildman–Crippen LogP) is 3.71. The molecule has 1 aromatic heterocycles. The van der Waals surface area contributed by atoms with Gasteiger partial charge < -0.3 is 20.7 Å². The fourth-order valence-corrected chi connectivity index (χ4v) is 3.44. The monoisotopic (exact) mass is 370 g/mol. The molecular weight excluding hydrogens is 343 g/mol. The van der Waals surface area contributed by atoms with E-state index in [1.807, 2.05) is 31.4 Å².